The van der Waals surface area contributed by atoms with Gasteiger partial charge in [-0.15, -0.1) is 5.10 Å². The molecule has 0 unspecified atom stereocenters. The first-order valence-corrected chi connectivity index (χ1v) is 5.27. The van der Waals surface area contributed by atoms with E-state index in [-0.39, 0.29) is 6.09 Å². The second-order valence-electron chi connectivity index (χ2n) is 3.62. The van der Waals surface area contributed by atoms with E-state index in [4.69, 9.17) is 4.74 Å². The van der Waals surface area contributed by atoms with Gasteiger partial charge in [-0.2, -0.15) is 0 Å². The van der Waals surface area contributed by atoms with E-state index < -0.39 is 0 Å². The third-order valence-electron chi connectivity index (χ3n) is 2.54. The van der Waals surface area contributed by atoms with Crippen LogP contribution in [-0.4, -0.2) is 34.2 Å². The van der Waals surface area contributed by atoms with E-state index >= 15 is 0 Å². The Morgan fingerprint density at radius 3 is 2.76 bits per heavy atom. The van der Waals surface area contributed by atoms with Crippen molar-refractivity contribution >= 4 is 11.9 Å². The summed E-state index contributed by atoms with van der Waals surface area (Å²) in [6, 6.07) is 9.60. The molecular weight excluding hydrogens is 220 g/mol. The van der Waals surface area contributed by atoms with Crippen molar-refractivity contribution in [3.63, 3.8) is 0 Å². The van der Waals surface area contributed by atoms with Crippen molar-refractivity contribution in [1.82, 2.24) is 15.0 Å². The Morgan fingerprint density at radius 2 is 2.06 bits per heavy atom. The Balaban J connectivity index is 1.91. The van der Waals surface area contributed by atoms with Gasteiger partial charge in [0.15, 0.2) is 5.82 Å². The molecule has 1 saturated heterocycles. The normalized spacial score (nSPS) is 15.1. The van der Waals surface area contributed by atoms with Crippen molar-refractivity contribution in [2.75, 3.05) is 18.1 Å². The van der Waals surface area contributed by atoms with E-state index in [1.54, 1.807) is 10.9 Å². The van der Waals surface area contributed by atoms with Gasteiger partial charge in [-0.3, -0.25) is 4.90 Å². The number of amides is 1. The van der Waals surface area contributed by atoms with Gasteiger partial charge in [0.1, 0.15) is 6.61 Å². The molecule has 0 spiro atoms. The molecule has 1 aliphatic rings. The third kappa shape index (κ3) is 1.73. The van der Waals surface area contributed by atoms with Crippen LogP contribution in [0.5, 0.6) is 0 Å². The maximum atomic E-state index is 11.3. The molecule has 0 aliphatic carbocycles. The summed E-state index contributed by atoms with van der Waals surface area (Å²) in [6.07, 6.45) is 1.34. The van der Waals surface area contributed by atoms with Crippen LogP contribution in [0.25, 0.3) is 5.69 Å². The minimum Gasteiger partial charge on any atom is -0.447 e. The van der Waals surface area contributed by atoms with Gasteiger partial charge >= 0.3 is 6.09 Å². The number of hydrogen-bond acceptors (Lipinski definition) is 4. The molecule has 1 aliphatic heterocycles. The van der Waals surface area contributed by atoms with Crippen molar-refractivity contribution in [2.24, 2.45) is 0 Å². The molecule has 0 saturated carbocycles. The fourth-order valence-corrected chi connectivity index (χ4v) is 1.69. The average molecular weight is 230 g/mol. The van der Waals surface area contributed by atoms with E-state index in [0.29, 0.717) is 19.0 Å². The molecule has 1 fully saturated rings. The van der Waals surface area contributed by atoms with Crippen LogP contribution >= 0.6 is 0 Å². The minimum atomic E-state index is -0.370. The Hall–Kier alpha value is -2.37. The summed E-state index contributed by atoms with van der Waals surface area (Å²) in [5.74, 6) is 0.511. The van der Waals surface area contributed by atoms with Crippen molar-refractivity contribution in [3.05, 3.63) is 36.5 Å². The van der Waals surface area contributed by atoms with Crippen molar-refractivity contribution in [3.8, 4) is 5.69 Å². The lowest BCUT2D eigenvalue weighted by atomic mass is 10.3. The highest BCUT2D eigenvalue weighted by atomic mass is 16.6. The number of cyclic esters (lactones) is 1. The average Bonchev–Trinajstić information content (AvgIpc) is 2.98. The van der Waals surface area contributed by atoms with Crippen LogP contribution in [0.2, 0.25) is 0 Å². The Bertz CT molecular complexity index is 537. The zero-order valence-electron chi connectivity index (χ0n) is 8.98. The van der Waals surface area contributed by atoms with Gasteiger partial charge in [-0.25, -0.2) is 9.48 Å². The number of ether oxygens (including phenoxy) is 1. The highest BCUT2D eigenvalue weighted by Crippen LogP contribution is 2.16. The van der Waals surface area contributed by atoms with Crippen LogP contribution in [-0.2, 0) is 4.74 Å². The molecule has 2 heterocycles. The molecular formula is C11H10N4O2. The van der Waals surface area contributed by atoms with E-state index in [1.807, 2.05) is 30.3 Å². The minimum absolute atomic E-state index is 0.370. The summed E-state index contributed by atoms with van der Waals surface area (Å²) in [7, 11) is 0. The first-order chi connectivity index (χ1) is 8.34. The number of benzene rings is 1. The lowest BCUT2D eigenvalue weighted by Crippen LogP contribution is -2.23. The van der Waals surface area contributed by atoms with Crippen LogP contribution in [0.3, 0.4) is 0 Å². The van der Waals surface area contributed by atoms with Crippen molar-refractivity contribution in [1.29, 1.82) is 0 Å². The lowest BCUT2D eigenvalue weighted by Gasteiger charge is -2.06. The maximum absolute atomic E-state index is 11.3. The van der Waals surface area contributed by atoms with Gasteiger partial charge in [0, 0.05) is 0 Å². The fourth-order valence-electron chi connectivity index (χ4n) is 1.69. The molecule has 0 bridgehead atoms. The molecule has 0 N–H and O–H groups in total. The van der Waals surface area contributed by atoms with Gasteiger partial charge in [0.25, 0.3) is 0 Å². The quantitative estimate of drug-likeness (QED) is 0.778. The van der Waals surface area contributed by atoms with Crippen LogP contribution < -0.4 is 4.90 Å². The predicted molar refractivity (Wildman–Crippen MR) is 60.1 cm³/mol. The zero-order chi connectivity index (χ0) is 11.7. The predicted octanol–water partition coefficient (Wildman–Crippen LogP) is 1.22. The van der Waals surface area contributed by atoms with E-state index in [0.717, 1.165) is 5.69 Å². The Labute approximate surface area is 97.4 Å². The van der Waals surface area contributed by atoms with Crippen LogP contribution in [0.4, 0.5) is 10.6 Å². The fraction of sp³-hybridized carbons (Fsp3) is 0.182. The monoisotopic (exact) mass is 230 g/mol. The van der Waals surface area contributed by atoms with E-state index in [9.17, 15) is 4.79 Å². The molecule has 1 aromatic carbocycles. The Morgan fingerprint density at radius 1 is 1.24 bits per heavy atom. The van der Waals surface area contributed by atoms with E-state index in [1.165, 1.54) is 4.90 Å². The summed E-state index contributed by atoms with van der Waals surface area (Å²) in [4.78, 5) is 12.8. The number of rotatable bonds is 2. The summed E-state index contributed by atoms with van der Waals surface area (Å²) < 4.78 is 6.47. The number of para-hydroxylation sites is 1. The highest BCUT2D eigenvalue weighted by Gasteiger charge is 2.26. The number of hydrogen-bond donors (Lipinski definition) is 0. The second kappa shape index (κ2) is 3.89. The SMILES string of the molecule is O=C1OCCN1c1cn(-c2ccccc2)nn1. The van der Waals surface area contributed by atoms with Gasteiger partial charge in [-0.1, -0.05) is 23.4 Å². The molecule has 86 valence electrons. The molecule has 2 aromatic rings. The maximum Gasteiger partial charge on any atom is 0.415 e. The van der Waals surface area contributed by atoms with Gasteiger partial charge in [-0.05, 0) is 12.1 Å². The standard InChI is InChI=1S/C11H10N4O2/c16-11-14(6-7-17-11)10-8-15(13-12-10)9-4-2-1-3-5-9/h1-5,8H,6-7H2. The number of carbonyl (C=O) groups excluding carboxylic acids is 1. The largest absolute Gasteiger partial charge is 0.447 e. The summed E-state index contributed by atoms with van der Waals surface area (Å²) in [5, 5.41) is 7.95. The zero-order valence-corrected chi connectivity index (χ0v) is 8.98. The highest BCUT2D eigenvalue weighted by molar-refractivity contribution is 5.87. The van der Waals surface area contributed by atoms with E-state index in [2.05, 4.69) is 10.3 Å². The van der Waals surface area contributed by atoms with Crippen LogP contribution in [0.1, 0.15) is 0 Å². The summed E-state index contributed by atoms with van der Waals surface area (Å²) >= 11 is 0. The topological polar surface area (TPSA) is 60.2 Å². The molecule has 1 aromatic heterocycles. The van der Waals surface area contributed by atoms with Crippen LogP contribution in [0, 0.1) is 0 Å². The molecule has 0 atom stereocenters. The van der Waals surface area contributed by atoms with Gasteiger partial charge < -0.3 is 4.74 Å². The molecule has 1 amide bonds. The lowest BCUT2D eigenvalue weighted by molar-refractivity contribution is 0.181. The molecule has 0 radical (unpaired) electrons. The molecule has 17 heavy (non-hydrogen) atoms. The smallest absolute Gasteiger partial charge is 0.415 e. The second-order valence-corrected chi connectivity index (χ2v) is 3.62. The van der Waals surface area contributed by atoms with Gasteiger partial charge in [0.05, 0.1) is 18.4 Å². The Kier molecular flexibility index (Phi) is 2.25. The third-order valence-corrected chi connectivity index (χ3v) is 2.54. The van der Waals surface area contributed by atoms with Crippen molar-refractivity contribution < 1.29 is 9.53 Å². The van der Waals surface area contributed by atoms with Gasteiger partial charge in [0.2, 0.25) is 0 Å². The summed E-state index contributed by atoms with van der Waals surface area (Å²) in [5.41, 5.74) is 0.902. The number of nitrogens with zero attached hydrogens (tertiary/aromatic N) is 4. The molecule has 3 rings (SSSR count). The summed E-state index contributed by atoms with van der Waals surface area (Å²) in [6.45, 7) is 0.920. The molecule has 6 nitrogen and oxygen atoms in total. The van der Waals surface area contributed by atoms with Crippen LogP contribution in [0.15, 0.2) is 36.5 Å². The first kappa shape index (κ1) is 9.83. The number of anilines is 1. The number of carbonyl (C=O) groups is 1. The first-order valence-electron chi connectivity index (χ1n) is 5.27. The molecule has 6 heteroatoms. The van der Waals surface area contributed by atoms with Crippen molar-refractivity contribution in [2.45, 2.75) is 0 Å². The number of aromatic nitrogens is 3.